The van der Waals surface area contributed by atoms with E-state index in [4.69, 9.17) is 23.2 Å². The van der Waals surface area contributed by atoms with Crippen molar-refractivity contribution in [3.8, 4) is 0 Å². The maximum Gasteiger partial charge on any atom is 0.251 e. The molecule has 0 aliphatic carbocycles. The van der Waals surface area contributed by atoms with Gasteiger partial charge in [-0.15, -0.1) is 0 Å². The van der Waals surface area contributed by atoms with Gasteiger partial charge < -0.3 is 0 Å². The number of aromatic nitrogens is 1. The third-order valence-electron chi connectivity index (χ3n) is 1.50. The van der Waals surface area contributed by atoms with Crippen molar-refractivity contribution in [1.82, 2.24) is 9.71 Å². The van der Waals surface area contributed by atoms with Gasteiger partial charge in [-0.25, -0.2) is 26.9 Å². The molecule has 4 nitrogen and oxygen atoms in total. The molecular weight excluding hydrogens is 285 g/mol. The molecule has 0 radical (unpaired) electrons. The van der Waals surface area contributed by atoms with Crippen molar-refractivity contribution < 1.29 is 17.2 Å². The summed E-state index contributed by atoms with van der Waals surface area (Å²) in [6, 6.07) is 1.11. The molecule has 0 saturated carbocycles. The van der Waals surface area contributed by atoms with Gasteiger partial charge in [0, 0.05) is 0 Å². The zero-order valence-corrected chi connectivity index (χ0v) is 9.95. The molecule has 0 aliphatic heterocycles. The summed E-state index contributed by atoms with van der Waals surface area (Å²) in [6.07, 6.45) is -1.88. The summed E-state index contributed by atoms with van der Waals surface area (Å²) in [7, 11) is -4.09. The van der Waals surface area contributed by atoms with Gasteiger partial charge in [0.1, 0.15) is 10.0 Å². The normalized spacial score (nSPS) is 12.1. The van der Waals surface area contributed by atoms with Crippen molar-refractivity contribution in [2.75, 3.05) is 6.54 Å². The lowest BCUT2D eigenvalue weighted by molar-refractivity contribution is 0.153. The van der Waals surface area contributed by atoms with Crippen molar-refractivity contribution in [1.29, 1.82) is 0 Å². The molecule has 90 valence electrons. The van der Waals surface area contributed by atoms with Crippen molar-refractivity contribution >= 4 is 33.2 Å². The molecule has 9 heteroatoms. The molecule has 16 heavy (non-hydrogen) atoms. The SMILES string of the molecule is O=S(=O)(NCC(F)F)c1cnc(Cl)cc1Cl. The van der Waals surface area contributed by atoms with E-state index < -0.39 is 23.0 Å². The smallest absolute Gasteiger partial charge is 0.243 e. The van der Waals surface area contributed by atoms with Crippen LogP contribution >= 0.6 is 23.2 Å². The highest BCUT2D eigenvalue weighted by atomic mass is 35.5. The van der Waals surface area contributed by atoms with E-state index in [1.54, 1.807) is 4.72 Å². The number of hydrogen-bond acceptors (Lipinski definition) is 3. The van der Waals surface area contributed by atoms with Crippen LogP contribution in [0.15, 0.2) is 17.2 Å². The largest absolute Gasteiger partial charge is 0.251 e. The quantitative estimate of drug-likeness (QED) is 0.862. The number of halogens is 4. The average molecular weight is 291 g/mol. The average Bonchev–Trinajstić information content (AvgIpc) is 2.14. The lowest BCUT2D eigenvalue weighted by Crippen LogP contribution is -2.28. The Bertz CT molecular complexity index is 481. The molecule has 0 aromatic carbocycles. The van der Waals surface area contributed by atoms with E-state index >= 15 is 0 Å². The van der Waals surface area contributed by atoms with Gasteiger partial charge in [0.25, 0.3) is 6.43 Å². The Morgan fingerprint density at radius 1 is 1.44 bits per heavy atom. The van der Waals surface area contributed by atoms with Gasteiger partial charge in [-0.3, -0.25) is 0 Å². The monoisotopic (exact) mass is 290 g/mol. The standard InChI is InChI=1S/C7H6Cl2F2N2O2S/c8-4-1-6(9)12-2-5(4)16(14,15)13-3-7(10)11/h1-2,7,13H,3H2. The van der Waals surface area contributed by atoms with Crippen LogP contribution < -0.4 is 4.72 Å². The van der Waals surface area contributed by atoms with Crippen LogP contribution in [0.4, 0.5) is 8.78 Å². The van der Waals surface area contributed by atoms with Crippen LogP contribution in [0, 0.1) is 0 Å². The van der Waals surface area contributed by atoms with Crippen molar-refractivity contribution in [2.24, 2.45) is 0 Å². The molecular formula is C7H6Cl2F2N2O2S. The maximum absolute atomic E-state index is 11.8. The van der Waals surface area contributed by atoms with Crippen LogP contribution in [-0.4, -0.2) is 26.4 Å². The fourth-order valence-corrected chi connectivity index (χ4v) is 2.52. The molecule has 1 aromatic rings. The summed E-state index contributed by atoms with van der Waals surface area (Å²) >= 11 is 11.1. The number of sulfonamides is 1. The van der Waals surface area contributed by atoms with E-state index in [0.717, 1.165) is 12.3 Å². The minimum absolute atomic E-state index is 0.0119. The van der Waals surface area contributed by atoms with Crippen LogP contribution in [0.3, 0.4) is 0 Å². The fourth-order valence-electron chi connectivity index (χ4n) is 0.843. The molecule has 0 unspecified atom stereocenters. The third kappa shape index (κ3) is 3.51. The summed E-state index contributed by atoms with van der Waals surface area (Å²) in [5.41, 5.74) is 0. The van der Waals surface area contributed by atoms with E-state index in [1.807, 2.05) is 0 Å². The first-order valence-electron chi connectivity index (χ1n) is 3.92. The van der Waals surface area contributed by atoms with Gasteiger partial charge >= 0.3 is 0 Å². The Balaban J connectivity index is 2.99. The zero-order valence-electron chi connectivity index (χ0n) is 7.62. The second-order valence-electron chi connectivity index (χ2n) is 2.68. The summed E-state index contributed by atoms with van der Waals surface area (Å²) in [5.74, 6) is 0. The zero-order chi connectivity index (χ0) is 12.3. The molecule has 1 N–H and O–H groups in total. The molecule has 0 amide bonds. The third-order valence-corrected chi connectivity index (χ3v) is 3.59. The number of nitrogens with zero attached hydrogens (tertiary/aromatic N) is 1. The Morgan fingerprint density at radius 3 is 2.56 bits per heavy atom. The summed E-state index contributed by atoms with van der Waals surface area (Å²) in [4.78, 5) is 3.12. The predicted octanol–water partition coefficient (Wildman–Crippen LogP) is 1.93. The van der Waals surface area contributed by atoms with Crippen LogP contribution in [0.25, 0.3) is 0 Å². The van der Waals surface area contributed by atoms with Crippen LogP contribution in [-0.2, 0) is 10.0 Å². The van der Waals surface area contributed by atoms with Crippen LogP contribution in [0.2, 0.25) is 10.2 Å². The first kappa shape index (κ1) is 13.6. The van der Waals surface area contributed by atoms with Gasteiger partial charge in [0.15, 0.2) is 0 Å². The van der Waals surface area contributed by atoms with E-state index in [2.05, 4.69) is 4.98 Å². The molecule has 0 spiro atoms. The molecule has 1 heterocycles. The first-order valence-corrected chi connectivity index (χ1v) is 6.15. The highest BCUT2D eigenvalue weighted by Crippen LogP contribution is 2.22. The van der Waals surface area contributed by atoms with E-state index in [0.29, 0.717) is 0 Å². The Kier molecular flexibility index (Phi) is 4.43. The molecule has 0 bridgehead atoms. The predicted molar refractivity (Wildman–Crippen MR) is 55.4 cm³/mol. The lowest BCUT2D eigenvalue weighted by Gasteiger charge is -2.07. The first-order chi connectivity index (χ1) is 7.33. The molecule has 0 saturated heterocycles. The van der Waals surface area contributed by atoms with Crippen molar-refractivity contribution in [3.05, 3.63) is 22.4 Å². The van der Waals surface area contributed by atoms with E-state index in [-0.39, 0.29) is 15.1 Å². The number of alkyl halides is 2. The Morgan fingerprint density at radius 2 is 2.06 bits per heavy atom. The number of nitrogens with one attached hydrogen (secondary N) is 1. The number of rotatable bonds is 4. The van der Waals surface area contributed by atoms with Gasteiger partial charge in [-0.05, 0) is 6.07 Å². The minimum atomic E-state index is -4.09. The van der Waals surface area contributed by atoms with Gasteiger partial charge in [0.2, 0.25) is 10.0 Å². The van der Waals surface area contributed by atoms with E-state index in [1.165, 1.54) is 0 Å². The summed E-state index contributed by atoms with van der Waals surface area (Å²) in [5, 5.41) is -0.167. The Hall–Kier alpha value is -0.500. The number of pyridine rings is 1. The van der Waals surface area contributed by atoms with E-state index in [9.17, 15) is 17.2 Å². The van der Waals surface area contributed by atoms with Gasteiger partial charge in [-0.2, -0.15) is 0 Å². The lowest BCUT2D eigenvalue weighted by atomic mass is 10.5. The topological polar surface area (TPSA) is 59.1 Å². The minimum Gasteiger partial charge on any atom is -0.243 e. The molecule has 1 aromatic heterocycles. The molecule has 1 rings (SSSR count). The highest BCUT2D eigenvalue weighted by Gasteiger charge is 2.20. The molecule has 0 fully saturated rings. The van der Waals surface area contributed by atoms with Gasteiger partial charge in [-0.1, -0.05) is 23.2 Å². The second kappa shape index (κ2) is 5.22. The summed E-state index contributed by atoms with van der Waals surface area (Å²) in [6.45, 7) is -0.985. The van der Waals surface area contributed by atoms with Crippen LogP contribution in [0.5, 0.6) is 0 Å². The van der Waals surface area contributed by atoms with Crippen molar-refractivity contribution in [2.45, 2.75) is 11.3 Å². The van der Waals surface area contributed by atoms with Crippen molar-refractivity contribution in [3.63, 3.8) is 0 Å². The fraction of sp³-hybridized carbons (Fsp3) is 0.286. The summed E-state index contributed by atoms with van der Waals surface area (Å²) < 4.78 is 48.3. The van der Waals surface area contributed by atoms with Crippen LogP contribution in [0.1, 0.15) is 0 Å². The van der Waals surface area contributed by atoms with Gasteiger partial charge in [0.05, 0.1) is 17.8 Å². The maximum atomic E-state index is 11.8. The highest BCUT2D eigenvalue weighted by molar-refractivity contribution is 7.89. The number of hydrogen-bond donors (Lipinski definition) is 1. The molecule has 0 aliphatic rings. The second-order valence-corrected chi connectivity index (χ2v) is 5.21. The molecule has 0 atom stereocenters. The Labute approximate surface area is 101 Å².